The summed E-state index contributed by atoms with van der Waals surface area (Å²) >= 11 is 0. The average molecular weight is 200 g/mol. The minimum Gasteiger partial charge on any atom is -0.391 e. The number of aliphatic hydroxyl groups excluding tert-OH is 1. The smallest absolute Gasteiger partial charge is 0.154 e. The van der Waals surface area contributed by atoms with Crippen LogP contribution in [0.4, 0.5) is 0 Å². The average Bonchev–Trinajstić information content (AvgIpc) is 2.05. The van der Waals surface area contributed by atoms with Gasteiger partial charge >= 0.3 is 0 Å². The molecule has 0 spiro atoms. The minimum absolute atomic E-state index is 0.430. The summed E-state index contributed by atoms with van der Waals surface area (Å²) in [6.07, 6.45) is -1.24. The van der Waals surface area contributed by atoms with E-state index in [9.17, 15) is 16.8 Å². The monoisotopic (exact) mass is 200 g/mol. The first kappa shape index (κ1) is 8.95. The number of thiol groups is 1. The third kappa shape index (κ3) is 1.91. The summed E-state index contributed by atoms with van der Waals surface area (Å²) in [6.45, 7) is 0. The maximum Gasteiger partial charge on any atom is 0.154 e. The maximum absolute atomic E-state index is 10.7. The highest BCUT2D eigenvalue weighted by Gasteiger charge is 2.38. The number of sulfone groups is 1. The molecule has 0 aromatic carbocycles. The Morgan fingerprint density at radius 2 is 1.82 bits per heavy atom. The summed E-state index contributed by atoms with van der Waals surface area (Å²) in [4.78, 5) is 0. The Morgan fingerprint density at radius 1 is 1.27 bits per heavy atom. The molecule has 5 nitrogen and oxygen atoms in total. The van der Waals surface area contributed by atoms with Crippen molar-refractivity contribution in [3.8, 4) is 0 Å². The number of hydrogen-bond donors (Lipinski definition) is 2. The van der Waals surface area contributed by atoms with Crippen LogP contribution in [-0.4, -0.2) is 44.8 Å². The molecule has 66 valence electrons. The molecule has 1 N–H and O–H groups in total. The fourth-order valence-corrected chi connectivity index (χ4v) is 4.34. The molecule has 1 aliphatic rings. The van der Waals surface area contributed by atoms with Crippen LogP contribution in [0.5, 0.6) is 0 Å². The van der Waals surface area contributed by atoms with E-state index < -0.39 is 43.4 Å². The van der Waals surface area contributed by atoms with E-state index in [-0.39, 0.29) is 0 Å². The van der Waals surface area contributed by atoms with Crippen molar-refractivity contribution in [1.82, 2.24) is 0 Å². The van der Waals surface area contributed by atoms with Gasteiger partial charge in [0.2, 0.25) is 0 Å². The van der Waals surface area contributed by atoms with Crippen molar-refractivity contribution in [1.29, 1.82) is 0 Å². The molecule has 0 saturated carbocycles. The molecule has 0 aromatic rings. The van der Waals surface area contributed by atoms with Crippen molar-refractivity contribution in [3.63, 3.8) is 0 Å². The summed E-state index contributed by atoms with van der Waals surface area (Å²) in [5, 5.41) is 7.83. The van der Waals surface area contributed by atoms with Crippen LogP contribution in [0.1, 0.15) is 0 Å². The van der Waals surface area contributed by atoms with E-state index in [0.29, 0.717) is 0 Å². The molecule has 0 aromatic heterocycles. The standard InChI is InChI=1S/C4H8O5S2/c5-3-1-11(8,9)2-4(3)10(6)7/h3-5,10H,1-2H2. The lowest BCUT2D eigenvalue weighted by Gasteiger charge is -2.01. The van der Waals surface area contributed by atoms with Crippen molar-refractivity contribution >= 4 is 20.5 Å². The second-order valence-corrected chi connectivity index (χ2v) is 5.88. The lowest BCUT2D eigenvalue weighted by Crippen LogP contribution is -2.24. The van der Waals surface area contributed by atoms with Crippen molar-refractivity contribution in [2.24, 2.45) is 0 Å². The first-order valence-corrected chi connectivity index (χ1v) is 6.01. The van der Waals surface area contributed by atoms with E-state index in [0.717, 1.165) is 0 Å². The molecule has 2 unspecified atom stereocenters. The van der Waals surface area contributed by atoms with Gasteiger partial charge in [-0.05, 0) is 0 Å². The highest BCUT2D eigenvalue weighted by atomic mass is 32.2. The Balaban J connectivity index is 2.91. The van der Waals surface area contributed by atoms with Gasteiger partial charge in [-0.1, -0.05) is 0 Å². The van der Waals surface area contributed by atoms with Crippen LogP contribution in [-0.2, 0) is 20.5 Å². The predicted molar refractivity (Wildman–Crippen MR) is 38.8 cm³/mol. The topological polar surface area (TPSA) is 88.5 Å². The Labute approximate surface area is 65.9 Å². The Hall–Kier alpha value is -0.140. The van der Waals surface area contributed by atoms with Gasteiger partial charge in [-0.25, -0.2) is 16.8 Å². The molecule has 0 amide bonds. The fraction of sp³-hybridized carbons (Fsp3) is 1.00. The van der Waals surface area contributed by atoms with Crippen LogP contribution < -0.4 is 0 Å². The summed E-state index contributed by atoms with van der Waals surface area (Å²) in [5.41, 5.74) is 0. The van der Waals surface area contributed by atoms with E-state index in [4.69, 9.17) is 5.11 Å². The number of rotatable bonds is 1. The quantitative estimate of drug-likeness (QED) is 0.467. The highest BCUT2D eigenvalue weighted by Crippen LogP contribution is 2.14. The zero-order chi connectivity index (χ0) is 8.65. The molecule has 0 aliphatic carbocycles. The molecular weight excluding hydrogens is 192 g/mol. The van der Waals surface area contributed by atoms with Gasteiger partial charge in [0.25, 0.3) is 0 Å². The molecule has 1 heterocycles. The largest absolute Gasteiger partial charge is 0.391 e. The van der Waals surface area contributed by atoms with Crippen LogP contribution in [0.15, 0.2) is 0 Å². The zero-order valence-corrected chi connectivity index (χ0v) is 7.22. The van der Waals surface area contributed by atoms with Gasteiger partial charge in [-0.15, -0.1) is 0 Å². The number of aliphatic hydroxyl groups is 1. The molecular formula is C4H8O5S2. The lowest BCUT2D eigenvalue weighted by molar-refractivity contribution is 0.205. The Bertz CT molecular complexity index is 305. The molecule has 1 aliphatic heterocycles. The lowest BCUT2D eigenvalue weighted by atomic mass is 10.3. The molecule has 1 fully saturated rings. The van der Waals surface area contributed by atoms with E-state index >= 15 is 0 Å². The molecule has 0 radical (unpaired) electrons. The van der Waals surface area contributed by atoms with E-state index in [1.807, 2.05) is 0 Å². The van der Waals surface area contributed by atoms with Crippen LogP contribution in [0.25, 0.3) is 0 Å². The van der Waals surface area contributed by atoms with Gasteiger partial charge in [-0.2, -0.15) is 0 Å². The zero-order valence-electron chi connectivity index (χ0n) is 5.50. The Kier molecular flexibility index (Phi) is 2.22. The summed E-state index contributed by atoms with van der Waals surface area (Å²) in [5.74, 6) is -0.867. The number of hydrogen-bond acceptors (Lipinski definition) is 5. The van der Waals surface area contributed by atoms with Crippen molar-refractivity contribution in [2.45, 2.75) is 11.4 Å². The second kappa shape index (κ2) is 2.72. The van der Waals surface area contributed by atoms with E-state index in [1.165, 1.54) is 0 Å². The summed E-state index contributed by atoms with van der Waals surface area (Å²) < 4.78 is 42.1. The van der Waals surface area contributed by atoms with Crippen molar-refractivity contribution < 1.29 is 21.9 Å². The van der Waals surface area contributed by atoms with Gasteiger partial charge in [0.05, 0.1) is 22.9 Å². The molecule has 0 bridgehead atoms. The molecule has 7 heteroatoms. The van der Waals surface area contributed by atoms with Gasteiger partial charge < -0.3 is 5.11 Å². The second-order valence-electron chi connectivity index (χ2n) is 2.50. The van der Waals surface area contributed by atoms with Gasteiger partial charge in [-0.3, -0.25) is 0 Å². The third-order valence-corrected chi connectivity index (χ3v) is 4.60. The summed E-state index contributed by atoms with van der Waals surface area (Å²) in [6, 6.07) is 0. The van der Waals surface area contributed by atoms with E-state index in [2.05, 4.69) is 0 Å². The third-order valence-electron chi connectivity index (χ3n) is 1.56. The first-order chi connectivity index (χ1) is 4.92. The van der Waals surface area contributed by atoms with Crippen molar-refractivity contribution in [2.75, 3.05) is 11.5 Å². The van der Waals surface area contributed by atoms with Gasteiger partial charge in [0.15, 0.2) is 9.84 Å². The normalized spacial score (nSPS) is 36.2. The fourth-order valence-electron chi connectivity index (χ4n) is 1.01. The minimum atomic E-state index is -3.32. The molecule has 2 atom stereocenters. The van der Waals surface area contributed by atoms with Crippen LogP contribution >= 0.6 is 0 Å². The van der Waals surface area contributed by atoms with Gasteiger partial charge in [0, 0.05) is 0 Å². The molecule has 1 rings (SSSR count). The Morgan fingerprint density at radius 3 is 2.00 bits per heavy atom. The summed E-state index contributed by atoms with van der Waals surface area (Å²) in [7, 11) is -6.15. The highest BCUT2D eigenvalue weighted by molar-refractivity contribution is 7.92. The van der Waals surface area contributed by atoms with Crippen LogP contribution in [0.2, 0.25) is 0 Å². The van der Waals surface area contributed by atoms with E-state index in [1.54, 1.807) is 0 Å². The SMILES string of the molecule is O=[SH](=O)C1CS(=O)(=O)CC1O. The van der Waals surface area contributed by atoms with Crippen LogP contribution in [0.3, 0.4) is 0 Å². The van der Waals surface area contributed by atoms with Crippen LogP contribution in [0, 0.1) is 0 Å². The van der Waals surface area contributed by atoms with Crippen molar-refractivity contribution in [3.05, 3.63) is 0 Å². The molecule has 11 heavy (non-hydrogen) atoms. The maximum atomic E-state index is 10.7. The predicted octanol–water partition coefficient (Wildman–Crippen LogP) is -2.24. The molecule has 1 saturated heterocycles. The first-order valence-electron chi connectivity index (χ1n) is 2.94. The van der Waals surface area contributed by atoms with Gasteiger partial charge in [0.1, 0.15) is 10.7 Å².